The topological polar surface area (TPSA) is 91.8 Å². The quantitative estimate of drug-likeness (QED) is 0.467. The van der Waals surface area contributed by atoms with Gasteiger partial charge in [-0.15, -0.1) is 6.42 Å². The highest BCUT2D eigenvalue weighted by Gasteiger charge is 2.17. The van der Waals surface area contributed by atoms with Gasteiger partial charge in [-0.2, -0.15) is 5.26 Å². The number of nitrogens with one attached hydrogen (secondary N) is 1. The van der Waals surface area contributed by atoms with Gasteiger partial charge < -0.3 is 5.32 Å². The van der Waals surface area contributed by atoms with Gasteiger partial charge in [0.1, 0.15) is 6.07 Å². The van der Waals surface area contributed by atoms with Gasteiger partial charge in [0.25, 0.3) is 0 Å². The number of nitriles is 1. The molecule has 0 saturated carbocycles. The standard InChI is InChI=1S/C10H8N4O2/c1-3-7(2)13-10-9(14(15)16)4-8(5-11)6-12-10/h1,4,6-7H,2H3,(H,12,13). The summed E-state index contributed by atoms with van der Waals surface area (Å²) in [5.74, 6) is 2.43. The first-order chi connectivity index (χ1) is 7.58. The summed E-state index contributed by atoms with van der Waals surface area (Å²) in [6, 6.07) is 2.56. The van der Waals surface area contributed by atoms with Crippen molar-refractivity contribution < 1.29 is 4.92 Å². The number of nitro groups is 1. The lowest BCUT2D eigenvalue weighted by atomic mass is 10.2. The smallest absolute Gasteiger partial charge is 0.312 e. The van der Waals surface area contributed by atoms with E-state index < -0.39 is 4.92 Å². The molecule has 0 radical (unpaired) electrons. The highest BCUT2D eigenvalue weighted by molar-refractivity contribution is 5.59. The molecule has 0 aliphatic carbocycles. The third kappa shape index (κ3) is 2.46. The monoisotopic (exact) mass is 216 g/mol. The summed E-state index contributed by atoms with van der Waals surface area (Å²) in [5, 5.41) is 22.0. The van der Waals surface area contributed by atoms with Crippen LogP contribution in [0.15, 0.2) is 12.3 Å². The third-order valence-corrected chi connectivity index (χ3v) is 1.80. The number of hydrogen-bond acceptors (Lipinski definition) is 5. The Morgan fingerprint density at radius 1 is 1.75 bits per heavy atom. The van der Waals surface area contributed by atoms with E-state index in [1.54, 1.807) is 13.0 Å². The Labute approximate surface area is 92.1 Å². The number of terminal acetylenes is 1. The number of hydrogen-bond donors (Lipinski definition) is 1. The molecule has 0 aromatic carbocycles. The summed E-state index contributed by atoms with van der Waals surface area (Å²) in [7, 11) is 0. The number of pyridine rings is 1. The van der Waals surface area contributed by atoms with Gasteiger partial charge in [-0.1, -0.05) is 5.92 Å². The van der Waals surface area contributed by atoms with Gasteiger partial charge in [0.15, 0.2) is 0 Å². The van der Waals surface area contributed by atoms with Gasteiger partial charge >= 0.3 is 5.69 Å². The Bertz CT molecular complexity index is 499. The third-order valence-electron chi connectivity index (χ3n) is 1.80. The van der Waals surface area contributed by atoms with Gasteiger partial charge in [0.2, 0.25) is 5.82 Å². The van der Waals surface area contributed by atoms with Crippen LogP contribution in [0.1, 0.15) is 12.5 Å². The van der Waals surface area contributed by atoms with Gasteiger partial charge in [-0.25, -0.2) is 4.98 Å². The molecule has 0 fully saturated rings. The van der Waals surface area contributed by atoms with Crippen molar-refractivity contribution >= 4 is 11.5 Å². The summed E-state index contributed by atoms with van der Waals surface area (Å²) in [5.41, 5.74) is -0.133. The number of rotatable bonds is 3. The first-order valence-corrected chi connectivity index (χ1v) is 4.35. The highest BCUT2D eigenvalue weighted by Crippen LogP contribution is 2.22. The van der Waals surface area contributed by atoms with Crippen molar-refractivity contribution in [3.05, 3.63) is 27.9 Å². The van der Waals surface area contributed by atoms with E-state index in [1.807, 2.05) is 0 Å². The predicted molar refractivity (Wildman–Crippen MR) is 57.5 cm³/mol. The molecule has 0 aliphatic rings. The fourth-order valence-electron chi connectivity index (χ4n) is 1.01. The maximum atomic E-state index is 10.7. The molecule has 0 spiro atoms. The Morgan fingerprint density at radius 3 is 2.94 bits per heavy atom. The van der Waals surface area contributed by atoms with Crippen LogP contribution in [-0.2, 0) is 0 Å². The summed E-state index contributed by atoms with van der Waals surface area (Å²) in [6.07, 6.45) is 6.39. The zero-order valence-electron chi connectivity index (χ0n) is 8.47. The SMILES string of the molecule is C#CC(C)Nc1ncc(C#N)cc1[N+](=O)[O-]. The normalized spacial score (nSPS) is 10.9. The largest absolute Gasteiger partial charge is 0.351 e. The average molecular weight is 216 g/mol. The lowest BCUT2D eigenvalue weighted by molar-refractivity contribution is -0.384. The van der Waals surface area contributed by atoms with Crippen molar-refractivity contribution in [2.75, 3.05) is 5.32 Å². The van der Waals surface area contributed by atoms with Crippen LogP contribution in [-0.4, -0.2) is 15.9 Å². The predicted octanol–water partition coefficient (Wildman–Crippen LogP) is 1.30. The summed E-state index contributed by atoms with van der Waals surface area (Å²) < 4.78 is 0. The summed E-state index contributed by atoms with van der Waals surface area (Å²) in [4.78, 5) is 13.9. The van der Waals surface area contributed by atoms with Crippen molar-refractivity contribution in [2.24, 2.45) is 0 Å². The van der Waals surface area contributed by atoms with Crippen molar-refractivity contribution in [3.8, 4) is 18.4 Å². The number of nitrogens with zero attached hydrogens (tertiary/aromatic N) is 3. The lowest BCUT2D eigenvalue weighted by Gasteiger charge is -2.08. The second kappa shape index (κ2) is 4.76. The molecule has 6 nitrogen and oxygen atoms in total. The van der Waals surface area contributed by atoms with E-state index >= 15 is 0 Å². The molecule has 1 heterocycles. The van der Waals surface area contributed by atoms with E-state index in [2.05, 4.69) is 16.2 Å². The Balaban J connectivity index is 3.15. The molecule has 1 unspecified atom stereocenters. The fourth-order valence-corrected chi connectivity index (χ4v) is 1.01. The van der Waals surface area contributed by atoms with Crippen molar-refractivity contribution in [1.29, 1.82) is 5.26 Å². The maximum absolute atomic E-state index is 10.7. The molecule has 1 aromatic heterocycles. The lowest BCUT2D eigenvalue weighted by Crippen LogP contribution is -2.14. The van der Waals surface area contributed by atoms with Gasteiger partial charge in [0.05, 0.1) is 16.5 Å². The van der Waals surface area contributed by atoms with Crippen LogP contribution in [0.4, 0.5) is 11.5 Å². The highest BCUT2D eigenvalue weighted by atomic mass is 16.6. The molecule has 16 heavy (non-hydrogen) atoms. The average Bonchev–Trinajstić information content (AvgIpc) is 2.29. The molecule has 80 valence electrons. The van der Waals surface area contributed by atoms with Crippen LogP contribution in [0.2, 0.25) is 0 Å². The van der Waals surface area contributed by atoms with Crippen molar-refractivity contribution in [1.82, 2.24) is 4.98 Å². The van der Waals surface area contributed by atoms with Crippen LogP contribution in [0.5, 0.6) is 0 Å². The minimum absolute atomic E-state index is 0.0643. The number of anilines is 1. The van der Waals surface area contributed by atoms with E-state index in [0.29, 0.717) is 0 Å². The zero-order chi connectivity index (χ0) is 12.1. The molecule has 0 amide bonds. The van der Waals surface area contributed by atoms with Gasteiger partial charge in [-0.3, -0.25) is 10.1 Å². The Morgan fingerprint density at radius 2 is 2.44 bits per heavy atom. The Hall–Kier alpha value is -2.60. The van der Waals surface area contributed by atoms with E-state index in [-0.39, 0.29) is 23.1 Å². The minimum Gasteiger partial charge on any atom is -0.351 e. The second-order valence-corrected chi connectivity index (χ2v) is 2.99. The molecule has 0 aliphatic heterocycles. The fraction of sp³-hybridized carbons (Fsp3) is 0.200. The first-order valence-electron chi connectivity index (χ1n) is 4.35. The molecule has 6 heteroatoms. The molecule has 1 N–H and O–H groups in total. The molecule has 1 aromatic rings. The zero-order valence-corrected chi connectivity index (χ0v) is 8.47. The second-order valence-electron chi connectivity index (χ2n) is 2.99. The molecular formula is C10H8N4O2. The van der Waals surface area contributed by atoms with Crippen molar-refractivity contribution in [3.63, 3.8) is 0 Å². The summed E-state index contributed by atoms with van der Waals surface area (Å²) >= 11 is 0. The molecular weight excluding hydrogens is 208 g/mol. The van der Waals surface area contributed by atoms with E-state index in [4.69, 9.17) is 11.7 Å². The van der Waals surface area contributed by atoms with Crippen LogP contribution >= 0.6 is 0 Å². The number of aromatic nitrogens is 1. The van der Waals surface area contributed by atoms with Crippen LogP contribution in [0.25, 0.3) is 0 Å². The summed E-state index contributed by atoms with van der Waals surface area (Å²) in [6.45, 7) is 1.67. The molecule has 0 bridgehead atoms. The van der Waals surface area contributed by atoms with E-state index in [1.165, 1.54) is 6.20 Å². The first kappa shape index (κ1) is 11.5. The molecule has 1 atom stereocenters. The van der Waals surface area contributed by atoms with Crippen molar-refractivity contribution in [2.45, 2.75) is 13.0 Å². The van der Waals surface area contributed by atoms with E-state index in [0.717, 1.165) is 6.07 Å². The van der Waals surface area contributed by atoms with Gasteiger partial charge in [0, 0.05) is 12.3 Å². The van der Waals surface area contributed by atoms with Crippen LogP contribution in [0.3, 0.4) is 0 Å². The molecule has 1 rings (SSSR count). The maximum Gasteiger partial charge on any atom is 0.312 e. The minimum atomic E-state index is -0.612. The van der Waals surface area contributed by atoms with Crippen LogP contribution < -0.4 is 5.32 Å². The molecule has 0 saturated heterocycles. The van der Waals surface area contributed by atoms with Gasteiger partial charge in [-0.05, 0) is 6.92 Å². The van der Waals surface area contributed by atoms with E-state index in [9.17, 15) is 10.1 Å². The van der Waals surface area contributed by atoms with Crippen LogP contribution in [0, 0.1) is 33.8 Å². The Kier molecular flexibility index (Phi) is 3.41.